The van der Waals surface area contributed by atoms with Gasteiger partial charge in [0.2, 0.25) is 10.0 Å². The first-order valence-electron chi connectivity index (χ1n) is 9.27. The van der Waals surface area contributed by atoms with Crippen molar-refractivity contribution in [3.8, 4) is 0 Å². The fourth-order valence-corrected chi connectivity index (χ4v) is 5.61. The summed E-state index contributed by atoms with van der Waals surface area (Å²) in [6.07, 6.45) is 5.98. The first-order valence-corrected chi connectivity index (χ1v) is 10.8. The van der Waals surface area contributed by atoms with Crippen LogP contribution in [0.3, 0.4) is 0 Å². The van der Waals surface area contributed by atoms with E-state index in [2.05, 4.69) is 20.7 Å². The second-order valence-electron chi connectivity index (χ2n) is 7.49. The highest BCUT2D eigenvalue weighted by molar-refractivity contribution is 7.89. The minimum atomic E-state index is -3.43. The van der Waals surface area contributed by atoms with Gasteiger partial charge in [-0.25, -0.2) is 13.1 Å². The Hall–Kier alpha value is -1.76. The van der Waals surface area contributed by atoms with E-state index in [0.717, 1.165) is 51.0 Å². The number of nitrogens with one attached hydrogen (secondary N) is 1. The Balaban J connectivity index is 1.37. The van der Waals surface area contributed by atoms with Crippen LogP contribution in [0.5, 0.6) is 0 Å². The van der Waals surface area contributed by atoms with Crippen LogP contribution in [0.4, 0.5) is 0 Å². The standard InChI is InChI=1S/C20H25N3O2S/c24-26(25,18-7-2-1-3-8-18)22-19-9-10-20(19)11-14-23(15-12-20)16-17-6-4-5-13-21-17/h1-8,13,19,22H,9-12,14-16H2/t19-/m1/s1. The van der Waals surface area contributed by atoms with E-state index in [1.54, 1.807) is 24.3 Å². The second-order valence-corrected chi connectivity index (χ2v) is 9.20. The molecule has 26 heavy (non-hydrogen) atoms. The Morgan fingerprint density at radius 1 is 1.04 bits per heavy atom. The monoisotopic (exact) mass is 371 g/mol. The molecule has 1 N–H and O–H groups in total. The molecule has 6 heteroatoms. The molecule has 1 atom stereocenters. The highest BCUT2D eigenvalue weighted by Gasteiger charge is 2.49. The summed E-state index contributed by atoms with van der Waals surface area (Å²) in [6.45, 7) is 2.87. The van der Waals surface area contributed by atoms with E-state index in [1.165, 1.54) is 0 Å². The number of hydrogen-bond acceptors (Lipinski definition) is 4. The van der Waals surface area contributed by atoms with Crippen LogP contribution < -0.4 is 4.72 Å². The fraction of sp³-hybridized carbons (Fsp3) is 0.450. The van der Waals surface area contributed by atoms with E-state index in [4.69, 9.17) is 0 Å². The number of rotatable bonds is 5. The van der Waals surface area contributed by atoms with Gasteiger partial charge in [0.05, 0.1) is 10.6 Å². The molecule has 1 saturated heterocycles. The second kappa shape index (κ2) is 7.10. The minimum Gasteiger partial charge on any atom is -0.297 e. The average Bonchev–Trinajstić information content (AvgIpc) is 2.68. The van der Waals surface area contributed by atoms with Crippen molar-refractivity contribution < 1.29 is 8.42 Å². The summed E-state index contributed by atoms with van der Waals surface area (Å²) in [7, 11) is -3.43. The predicted molar refractivity (Wildman–Crippen MR) is 101 cm³/mol. The van der Waals surface area contributed by atoms with Crippen molar-refractivity contribution in [1.82, 2.24) is 14.6 Å². The van der Waals surface area contributed by atoms with Crippen molar-refractivity contribution in [2.45, 2.75) is 43.2 Å². The zero-order valence-electron chi connectivity index (χ0n) is 14.8. The van der Waals surface area contributed by atoms with Gasteiger partial charge in [0.1, 0.15) is 0 Å². The molecule has 0 radical (unpaired) electrons. The number of nitrogens with zero attached hydrogens (tertiary/aromatic N) is 2. The average molecular weight is 372 g/mol. The van der Waals surface area contributed by atoms with Crippen molar-refractivity contribution in [3.05, 3.63) is 60.4 Å². The van der Waals surface area contributed by atoms with Crippen LogP contribution in [0.1, 0.15) is 31.4 Å². The Kier molecular flexibility index (Phi) is 4.82. The van der Waals surface area contributed by atoms with Gasteiger partial charge >= 0.3 is 0 Å². The Morgan fingerprint density at radius 3 is 2.38 bits per heavy atom. The number of aromatic nitrogens is 1. The van der Waals surface area contributed by atoms with E-state index >= 15 is 0 Å². The van der Waals surface area contributed by atoms with Gasteiger partial charge in [-0.05, 0) is 68.5 Å². The van der Waals surface area contributed by atoms with Crippen LogP contribution in [0, 0.1) is 5.41 Å². The maximum atomic E-state index is 12.6. The fourth-order valence-electron chi connectivity index (χ4n) is 4.21. The number of pyridine rings is 1. The largest absolute Gasteiger partial charge is 0.297 e. The lowest BCUT2D eigenvalue weighted by atomic mass is 9.59. The molecule has 4 rings (SSSR count). The maximum absolute atomic E-state index is 12.6. The molecule has 0 bridgehead atoms. The molecule has 1 aromatic carbocycles. The third kappa shape index (κ3) is 3.54. The van der Waals surface area contributed by atoms with E-state index < -0.39 is 10.0 Å². The molecule has 2 aromatic rings. The quantitative estimate of drug-likeness (QED) is 0.878. The van der Waals surface area contributed by atoms with Gasteiger partial charge in [-0.2, -0.15) is 0 Å². The topological polar surface area (TPSA) is 62.3 Å². The molecule has 1 spiro atoms. The number of piperidine rings is 1. The summed E-state index contributed by atoms with van der Waals surface area (Å²) in [5.74, 6) is 0. The summed E-state index contributed by atoms with van der Waals surface area (Å²) in [6, 6.07) is 14.8. The summed E-state index contributed by atoms with van der Waals surface area (Å²) in [5.41, 5.74) is 1.22. The molecule has 1 aliphatic carbocycles. The van der Waals surface area contributed by atoms with Crippen LogP contribution in [0.25, 0.3) is 0 Å². The van der Waals surface area contributed by atoms with Crippen LogP contribution in [0.15, 0.2) is 59.6 Å². The Labute approximate surface area is 155 Å². The van der Waals surface area contributed by atoms with Gasteiger partial charge in [-0.15, -0.1) is 0 Å². The van der Waals surface area contributed by atoms with Gasteiger partial charge in [-0.1, -0.05) is 24.3 Å². The highest BCUT2D eigenvalue weighted by atomic mass is 32.2. The van der Waals surface area contributed by atoms with Crippen molar-refractivity contribution >= 4 is 10.0 Å². The van der Waals surface area contributed by atoms with Gasteiger partial charge < -0.3 is 0 Å². The zero-order chi connectivity index (χ0) is 18.0. The summed E-state index contributed by atoms with van der Waals surface area (Å²) in [4.78, 5) is 7.19. The minimum absolute atomic E-state index is 0.0599. The lowest BCUT2D eigenvalue weighted by molar-refractivity contribution is 0.000386. The maximum Gasteiger partial charge on any atom is 0.240 e. The molecule has 1 aliphatic heterocycles. The summed E-state index contributed by atoms with van der Waals surface area (Å²) >= 11 is 0. The lowest BCUT2D eigenvalue weighted by Gasteiger charge is -2.53. The molecule has 138 valence electrons. The summed E-state index contributed by atoms with van der Waals surface area (Å²) in [5, 5.41) is 0. The first-order chi connectivity index (χ1) is 12.6. The highest BCUT2D eigenvalue weighted by Crippen LogP contribution is 2.49. The zero-order valence-corrected chi connectivity index (χ0v) is 15.7. The number of likely N-dealkylation sites (tertiary alicyclic amines) is 1. The van der Waals surface area contributed by atoms with Crippen molar-refractivity contribution in [2.24, 2.45) is 5.41 Å². The SMILES string of the molecule is O=S(=O)(N[C@@H]1CCC12CCN(Cc1ccccn1)CC2)c1ccccc1. The van der Waals surface area contributed by atoms with Crippen LogP contribution in [0.2, 0.25) is 0 Å². The van der Waals surface area contributed by atoms with Gasteiger partial charge in [-0.3, -0.25) is 9.88 Å². The normalized spacial score (nSPS) is 22.8. The smallest absolute Gasteiger partial charge is 0.240 e. The third-order valence-corrected chi connectivity index (χ3v) is 7.47. The molecule has 0 unspecified atom stereocenters. The van der Waals surface area contributed by atoms with Crippen molar-refractivity contribution in [3.63, 3.8) is 0 Å². The van der Waals surface area contributed by atoms with Crippen molar-refractivity contribution in [2.75, 3.05) is 13.1 Å². The molecule has 1 aromatic heterocycles. The van der Waals surface area contributed by atoms with Crippen molar-refractivity contribution in [1.29, 1.82) is 0 Å². The molecule has 2 aliphatic rings. The molecule has 5 nitrogen and oxygen atoms in total. The molecular weight excluding hydrogens is 346 g/mol. The third-order valence-electron chi connectivity index (χ3n) is 5.98. The predicted octanol–water partition coefficient (Wildman–Crippen LogP) is 2.80. The number of benzene rings is 1. The van der Waals surface area contributed by atoms with Crippen LogP contribution in [-0.4, -0.2) is 37.4 Å². The summed E-state index contributed by atoms with van der Waals surface area (Å²) < 4.78 is 28.2. The first kappa shape index (κ1) is 17.6. The van der Waals surface area contributed by atoms with E-state index in [1.807, 2.05) is 24.4 Å². The van der Waals surface area contributed by atoms with E-state index in [-0.39, 0.29) is 11.5 Å². The lowest BCUT2D eigenvalue weighted by Crippen LogP contribution is -2.58. The van der Waals surface area contributed by atoms with E-state index in [9.17, 15) is 8.42 Å². The molecular formula is C20H25N3O2S. The molecule has 2 fully saturated rings. The van der Waals surface area contributed by atoms with Gasteiger partial charge in [0.25, 0.3) is 0 Å². The van der Waals surface area contributed by atoms with Crippen LogP contribution in [-0.2, 0) is 16.6 Å². The Morgan fingerprint density at radius 2 is 1.77 bits per heavy atom. The molecule has 1 saturated carbocycles. The Bertz CT molecular complexity index is 832. The molecule has 0 amide bonds. The molecule has 2 heterocycles. The number of hydrogen-bond donors (Lipinski definition) is 1. The van der Waals surface area contributed by atoms with E-state index in [0.29, 0.717) is 4.90 Å². The van der Waals surface area contributed by atoms with Crippen LogP contribution >= 0.6 is 0 Å². The van der Waals surface area contributed by atoms with Gasteiger partial charge in [0, 0.05) is 18.8 Å². The number of sulfonamides is 1. The van der Waals surface area contributed by atoms with Gasteiger partial charge in [0.15, 0.2) is 0 Å².